The number of nitrogens with zero attached hydrogens (tertiary/aromatic N) is 1. The highest BCUT2D eigenvalue weighted by atomic mass is 19.2. The van der Waals surface area contributed by atoms with Gasteiger partial charge in [0.05, 0.1) is 13.2 Å². The number of hydrogen-bond acceptors (Lipinski definition) is 4. The van der Waals surface area contributed by atoms with E-state index in [2.05, 4.69) is 10.3 Å². The summed E-state index contributed by atoms with van der Waals surface area (Å²) in [7, 11) is 1.54. The van der Waals surface area contributed by atoms with Crippen LogP contribution >= 0.6 is 0 Å². The van der Waals surface area contributed by atoms with E-state index >= 15 is 0 Å². The summed E-state index contributed by atoms with van der Waals surface area (Å²) in [6, 6.07) is 6.95. The highest BCUT2D eigenvalue weighted by molar-refractivity contribution is 5.21. The Balaban J connectivity index is 1.85. The molecule has 0 fully saturated rings. The van der Waals surface area contributed by atoms with Crippen molar-refractivity contribution in [3.05, 3.63) is 59.3 Å². The Bertz CT molecular complexity index is 591. The molecule has 0 amide bonds. The number of aromatic nitrogens is 1. The summed E-state index contributed by atoms with van der Waals surface area (Å²) in [4.78, 5) is 4.06. The van der Waals surface area contributed by atoms with E-state index in [1.54, 1.807) is 19.4 Å². The summed E-state index contributed by atoms with van der Waals surface area (Å²) < 4.78 is 30.8. The molecule has 2 rings (SSSR count). The lowest BCUT2D eigenvalue weighted by Gasteiger charge is -2.12. The maximum atomic E-state index is 13.1. The van der Waals surface area contributed by atoms with Gasteiger partial charge in [-0.25, -0.2) is 13.8 Å². The number of benzene rings is 1. The second-order valence-corrected chi connectivity index (χ2v) is 4.53. The zero-order valence-electron chi connectivity index (χ0n) is 11.5. The number of pyridine rings is 1. The summed E-state index contributed by atoms with van der Waals surface area (Å²) in [5.41, 5.74) is 1.25. The molecule has 0 saturated carbocycles. The molecule has 2 aromatic rings. The molecule has 0 spiro atoms. The van der Waals surface area contributed by atoms with E-state index in [-0.39, 0.29) is 6.54 Å². The highest BCUT2D eigenvalue weighted by Crippen LogP contribution is 2.16. The molecule has 0 bridgehead atoms. The third kappa shape index (κ3) is 4.21. The van der Waals surface area contributed by atoms with E-state index in [4.69, 9.17) is 4.74 Å². The molecule has 2 N–H and O–H groups in total. The van der Waals surface area contributed by atoms with Crippen molar-refractivity contribution in [1.82, 2.24) is 10.3 Å². The molecule has 0 aliphatic rings. The standard InChI is InChI=1S/C15H16F2N2O2/c1-21-15-5-2-10(8-19-15)7-18-9-14(20)11-3-4-12(16)13(17)6-11/h2-6,8,14,18,20H,7,9H2,1H3. The fourth-order valence-electron chi connectivity index (χ4n) is 1.83. The zero-order chi connectivity index (χ0) is 15.2. The van der Waals surface area contributed by atoms with Crippen LogP contribution in [0.4, 0.5) is 8.78 Å². The fourth-order valence-corrected chi connectivity index (χ4v) is 1.83. The molecule has 1 heterocycles. The summed E-state index contributed by atoms with van der Waals surface area (Å²) >= 11 is 0. The van der Waals surface area contributed by atoms with Gasteiger partial charge in [-0.05, 0) is 23.3 Å². The molecule has 21 heavy (non-hydrogen) atoms. The van der Waals surface area contributed by atoms with Gasteiger partial charge in [-0.15, -0.1) is 0 Å². The third-order valence-electron chi connectivity index (χ3n) is 3.00. The first-order valence-electron chi connectivity index (χ1n) is 6.43. The van der Waals surface area contributed by atoms with Gasteiger partial charge in [-0.2, -0.15) is 0 Å². The average Bonchev–Trinajstić information content (AvgIpc) is 2.50. The SMILES string of the molecule is COc1ccc(CNCC(O)c2ccc(F)c(F)c2)cn1. The first kappa shape index (κ1) is 15.3. The van der Waals surface area contributed by atoms with Crippen LogP contribution in [0.1, 0.15) is 17.2 Å². The van der Waals surface area contributed by atoms with Gasteiger partial charge < -0.3 is 15.2 Å². The molecule has 4 nitrogen and oxygen atoms in total. The van der Waals surface area contributed by atoms with Gasteiger partial charge in [-0.3, -0.25) is 0 Å². The number of nitrogens with one attached hydrogen (secondary N) is 1. The molecule has 1 aromatic heterocycles. The predicted molar refractivity (Wildman–Crippen MR) is 73.8 cm³/mol. The van der Waals surface area contributed by atoms with E-state index in [9.17, 15) is 13.9 Å². The van der Waals surface area contributed by atoms with Gasteiger partial charge in [0.15, 0.2) is 11.6 Å². The van der Waals surface area contributed by atoms with Crippen molar-refractivity contribution < 1.29 is 18.6 Å². The number of aliphatic hydroxyl groups excluding tert-OH is 1. The van der Waals surface area contributed by atoms with Crippen molar-refractivity contribution >= 4 is 0 Å². The summed E-state index contributed by atoms with van der Waals surface area (Å²) in [6.45, 7) is 0.717. The van der Waals surface area contributed by atoms with E-state index in [0.717, 1.165) is 17.7 Å². The molecule has 112 valence electrons. The van der Waals surface area contributed by atoms with Crippen LogP contribution in [0.5, 0.6) is 5.88 Å². The van der Waals surface area contributed by atoms with Crippen molar-refractivity contribution in [3.8, 4) is 5.88 Å². The molecular weight excluding hydrogens is 278 g/mol. The maximum absolute atomic E-state index is 13.1. The molecule has 0 saturated heterocycles. The molecular formula is C15H16F2N2O2. The van der Waals surface area contributed by atoms with Gasteiger partial charge in [0, 0.05) is 25.4 Å². The topological polar surface area (TPSA) is 54.4 Å². The molecule has 0 aliphatic heterocycles. The van der Waals surface area contributed by atoms with E-state index in [0.29, 0.717) is 18.0 Å². The normalized spacial score (nSPS) is 12.2. The van der Waals surface area contributed by atoms with Gasteiger partial charge >= 0.3 is 0 Å². The van der Waals surface area contributed by atoms with Gasteiger partial charge in [-0.1, -0.05) is 12.1 Å². The van der Waals surface area contributed by atoms with Crippen LogP contribution in [0.2, 0.25) is 0 Å². The summed E-state index contributed by atoms with van der Waals surface area (Å²) in [6.07, 6.45) is 0.752. The maximum Gasteiger partial charge on any atom is 0.212 e. The number of halogens is 2. The largest absolute Gasteiger partial charge is 0.481 e. The second kappa shape index (κ2) is 7.10. The lowest BCUT2D eigenvalue weighted by Crippen LogP contribution is -2.21. The Kier molecular flexibility index (Phi) is 5.19. The van der Waals surface area contributed by atoms with Gasteiger partial charge in [0.25, 0.3) is 0 Å². The predicted octanol–water partition coefficient (Wildman–Crippen LogP) is 2.19. The van der Waals surface area contributed by atoms with Crippen LogP contribution in [-0.4, -0.2) is 23.7 Å². The first-order chi connectivity index (χ1) is 10.1. The van der Waals surface area contributed by atoms with Crippen molar-refractivity contribution in [2.24, 2.45) is 0 Å². The Morgan fingerprint density at radius 1 is 1.24 bits per heavy atom. The lowest BCUT2D eigenvalue weighted by atomic mass is 10.1. The van der Waals surface area contributed by atoms with Gasteiger partial charge in [0.1, 0.15) is 0 Å². The molecule has 0 aliphatic carbocycles. The average molecular weight is 294 g/mol. The first-order valence-corrected chi connectivity index (χ1v) is 6.43. The monoisotopic (exact) mass is 294 g/mol. The van der Waals surface area contributed by atoms with E-state index in [1.807, 2.05) is 6.07 Å². The van der Waals surface area contributed by atoms with Crippen LogP contribution < -0.4 is 10.1 Å². The molecule has 1 atom stereocenters. The minimum Gasteiger partial charge on any atom is -0.481 e. The Morgan fingerprint density at radius 3 is 2.67 bits per heavy atom. The third-order valence-corrected chi connectivity index (χ3v) is 3.00. The number of ether oxygens (including phenoxy) is 1. The Morgan fingerprint density at radius 2 is 2.05 bits per heavy atom. The lowest BCUT2D eigenvalue weighted by molar-refractivity contribution is 0.173. The highest BCUT2D eigenvalue weighted by Gasteiger charge is 2.10. The summed E-state index contributed by atoms with van der Waals surface area (Å²) in [5, 5.41) is 12.9. The van der Waals surface area contributed by atoms with Gasteiger partial charge in [0.2, 0.25) is 5.88 Å². The number of hydrogen-bond donors (Lipinski definition) is 2. The molecule has 1 unspecified atom stereocenters. The Hall–Kier alpha value is -2.05. The minimum atomic E-state index is -0.967. The number of methoxy groups -OCH3 is 1. The van der Waals surface area contributed by atoms with Crippen LogP contribution in [0.15, 0.2) is 36.5 Å². The minimum absolute atomic E-state index is 0.219. The number of aliphatic hydroxyl groups is 1. The summed E-state index contributed by atoms with van der Waals surface area (Å²) in [5.74, 6) is -1.37. The van der Waals surface area contributed by atoms with Crippen molar-refractivity contribution in [2.45, 2.75) is 12.6 Å². The molecule has 6 heteroatoms. The second-order valence-electron chi connectivity index (χ2n) is 4.53. The van der Waals surface area contributed by atoms with Crippen LogP contribution in [0, 0.1) is 11.6 Å². The Labute approximate surface area is 121 Å². The van der Waals surface area contributed by atoms with Crippen molar-refractivity contribution in [2.75, 3.05) is 13.7 Å². The van der Waals surface area contributed by atoms with Crippen LogP contribution in [-0.2, 0) is 6.54 Å². The van der Waals surface area contributed by atoms with E-state index in [1.165, 1.54) is 6.07 Å². The fraction of sp³-hybridized carbons (Fsp3) is 0.267. The zero-order valence-corrected chi connectivity index (χ0v) is 11.5. The van der Waals surface area contributed by atoms with E-state index < -0.39 is 17.7 Å². The smallest absolute Gasteiger partial charge is 0.212 e. The van der Waals surface area contributed by atoms with Crippen LogP contribution in [0.3, 0.4) is 0 Å². The van der Waals surface area contributed by atoms with Crippen molar-refractivity contribution in [1.29, 1.82) is 0 Å². The van der Waals surface area contributed by atoms with Crippen molar-refractivity contribution in [3.63, 3.8) is 0 Å². The molecule has 1 aromatic carbocycles. The quantitative estimate of drug-likeness (QED) is 0.857. The van der Waals surface area contributed by atoms with Crippen LogP contribution in [0.25, 0.3) is 0 Å². The molecule has 0 radical (unpaired) electrons. The number of rotatable bonds is 6.